The minimum atomic E-state index is -1.13. The number of amides is 2. The Hall–Kier alpha value is -3.20. The molecule has 0 radical (unpaired) electrons. The van der Waals surface area contributed by atoms with Gasteiger partial charge in [0.05, 0.1) is 5.92 Å². The Kier molecular flexibility index (Phi) is 8.55. The molecule has 1 aliphatic carbocycles. The number of carbonyl (C=O) groups excluding carboxylic acids is 4. The molecule has 2 fully saturated rings. The molecule has 0 bridgehead atoms. The van der Waals surface area contributed by atoms with E-state index < -0.39 is 41.5 Å². The summed E-state index contributed by atoms with van der Waals surface area (Å²) < 4.78 is 14.4. The number of nitrogens with two attached hydrogens (primary N) is 1. The summed E-state index contributed by atoms with van der Waals surface area (Å²) in [4.78, 5) is 61.8. The van der Waals surface area contributed by atoms with Crippen molar-refractivity contribution in [1.29, 1.82) is 0 Å². The second-order valence-corrected chi connectivity index (χ2v) is 11.7. The highest BCUT2D eigenvalue weighted by molar-refractivity contribution is 8.00. The molecule has 38 heavy (non-hydrogen) atoms. The molecule has 4 rings (SSSR count). The van der Waals surface area contributed by atoms with Gasteiger partial charge in [-0.1, -0.05) is 19.0 Å². The van der Waals surface area contributed by atoms with Gasteiger partial charge in [0.25, 0.3) is 11.8 Å². The molecule has 1 aromatic heterocycles. The van der Waals surface area contributed by atoms with Crippen LogP contribution in [0.5, 0.6) is 0 Å². The maximum atomic E-state index is 13.2. The van der Waals surface area contributed by atoms with Crippen LogP contribution in [0.4, 0.5) is 5.13 Å². The number of esters is 2. The molecule has 0 aromatic carbocycles. The molecule has 2 aliphatic heterocycles. The van der Waals surface area contributed by atoms with Gasteiger partial charge in [-0.15, -0.1) is 11.8 Å². The zero-order valence-corrected chi connectivity index (χ0v) is 23.0. The number of carbonyl (C=O) groups is 4. The number of thioether (sulfide) groups is 1. The van der Waals surface area contributed by atoms with Crippen molar-refractivity contribution >= 4 is 57.9 Å². The summed E-state index contributed by atoms with van der Waals surface area (Å²) in [6.07, 6.45) is 4.06. The number of hydrogen-bond acceptors (Lipinski definition) is 13. The van der Waals surface area contributed by atoms with Crippen LogP contribution in [0.1, 0.15) is 59.2 Å². The van der Waals surface area contributed by atoms with Crippen LogP contribution >= 0.6 is 23.3 Å². The Balaban J connectivity index is 1.44. The third kappa shape index (κ3) is 6.09. The number of nitrogen functional groups attached to an aromatic ring is 1. The Morgan fingerprint density at radius 3 is 2.55 bits per heavy atom. The lowest BCUT2D eigenvalue weighted by atomic mass is 10.0. The van der Waals surface area contributed by atoms with Crippen LogP contribution in [0.2, 0.25) is 0 Å². The first-order valence-electron chi connectivity index (χ1n) is 12.3. The first-order valence-corrected chi connectivity index (χ1v) is 14.0. The highest BCUT2D eigenvalue weighted by atomic mass is 32.2. The summed E-state index contributed by atoms with van der Waals surface area (Å²) in [7, 11) is 0. The number of nitrogens with zero attached hydrogens (tertiary/aromatic N) is 4. The molecular formula is C23H30N6O7S2. The maximum Gasteiger partial charge on any atom is 0.357 e. The maximum absolute atomic E-state index is 13.2. The fraction of sp³-hybridized carbons (Fsp3) is 0.609. The zero-order valence-electron chi connectivity index (χ0n) is 21.4. The highest BCUT2D eigenvalue weighted by Gasteiger charge is 2.54. The Morgan fingerprint density at radius 2 is 1.92 bits per heavy atom. The van der Waals surface area contributed by atoms with E-state index in [1.807, 2.05) is 6.92 Å². The summed E-state index contributed by atoms with van der Waals surface area (Å²) in [6, 6.07) is -0.935. The van der Waals surface area contributed by atoms with E-state index in [0.29, 0.717) is 0 Å². The molecule has 1 saturated carbocycles. The number of oxime groups is 1. The predicted octanol–water partition coefficient (Wildman–Crippen LogP) is 1.54. The summed E-state index contributed by atoms with van der Waals surface area (Å²) in [6.45, 7) is 6.59. The van der Waals surface area contributed by atoms with Crippen LogP contribution in [0, 0.1) is 5.92 Å². The summed E-state index contributed by atoms with van der Waals surface area (Å²) in [5.74, 6) is -2.90. The number of aromatic nitrogens is 2. The van der Waals surface area contributed by atoms with Crippen molar-refractivity contribution in [3.8, 4) is 0 Å². The Labute approximate surface area is 227 Å². The molecule has 1 aromatic rings. The Morgan fingerprint density at radius 1 is 1.21 bits per heavy atom. The minimum Gasteiger partial charge on any atom is -0.425 e. The first kappa shape index (κ1) is 27.8. The molecule has 1 saturated heterocycles. The number of β-lactam (4-membered cyclic amide) rings is 1. The van der Waals surface area contributed by atoms with Crippen LogP contribution in [0.25, 0.3) is 0 Å². The normalized spacial score (nSPS) is 24.3. The molecule has 0 spiro atoms. The van der Waals surface area contributed by atoms with Crippen molar-refractivity contribution in [2.45, 2.75) is 82.4 Å². The average molecular weight is 567 g/mol. The predicted molar refractivity (Wildman–Crippen MR) is 138 cm³/mol. The van der Waals surface area contributed by atoms with Gasteiger partial charge in [-0.2, -0.15) is 9.36 Å². The van der Waals surface area contributed by atoms with Crippen molar-refractivity contribution in [2.75, 3.05) is 5.73 Å². The SMILES string of the molecule is CC(OC(=O)C1=CC(C)S[C@H]2C(NC(=O)C(=NOC3CCCC3)c3nsc(N)n3)C(=O)N12)OC(=O)C(C)C. The largest absolute Gasteiger partial charge is 0.425 e. The molecule has 15 heteroatoms. The van der Waals surface area contributed by atoms with Crippen molar-refractivity contribution in [3.63, 3.8) is 0 Å². The van der Waals surface area contributed by atoms with Gasteiger partial charge in [-0.25, -0.2) is 4.79 Å². The van der Waals surface area contributed by atoms with Crippen molar-refractivity contribution in [3.05, 3.63) is 17.6 Å². The summed E-state index contributed by atoms with van der Waals surface area (Å²) in [5.41, 5.74) is 5.54. The number of ether oxygens (including phenoxy) is 2. The van der Waals surface area contributed by atoms with Crippen molar-refractivity contribution in [1.82, 2.24) is 19.6 Å². The van der Waals surface area contributed by atoms with E-state index in [-0.39, 0.29) is 39.6 Å². The van der Waals surface area contributed by atoms with Gasteiger partial charge in [0.1, 0.15) is 23.2 Å². The molecular weight excluding hydrogens is 536 g/mol. The van der Waals surface area contributed by atoms with E-state index in [2.05, 4.69) is 19.8 Å². The van der Waals surface area contributed by atoms with E-state index >= 15 is 0 Å². The van der Waals surface area contributed by atoms with E-state index in [1.165, 1.54) is 23.6 Å². The number of nitrogens with one attached hydrogen (secondary N) is 1. The van der Waals surface area contributed by atoms with E-state index in [1.54, 1.807) is 19.9 Å². The third-order valence-electron chi connectivity index (χ3n) is 6.04. The Bertz CT molecular complexity index is 1160. The van der Waals surface area contributed by atoms with Gasteiger partial charge in [0.15, 0.2) is 5.13 Å². The average Bonchev–Trinajstić information content (AvgIpc) is 3.53. The number of hydrogen-bond donors (Lipinski definition) is 2. The lowest BCUT2D eigenvalue weighted by Gasteiger charge is -2.49. The number of rotatable bonds is 9. The van der Waals surface area contributed by atoms with Crippen LogP contribution in [-0.4, -0.2) is 72.8 Å². The fourth-order valence-electron chi connectivity index (χ4n) is 4.10. The van der Waals surface area contributed by atoms with E-state index in [4.69, 9.17) is 20.0 Å². The molecule has 3 aliphatic rings. The van der Waals surface area contributed by atoms with Crippen molar-refractivity contribution in [2.24, 2.45) is 11.1 Å². The van der Waals surface area contributed by atoms with Crippen LogP contribution in [0.3, 0.4) is 0 Å². The van der Waals surface area contributed by atoms with Gasteiger partial charge >= 0.3 is 11.9 Å². The van der Waals surface area contributed by atoms with Crippen LogP contribution < -0.4 is 11.1 Å². The number of fused-ring (bicyclic) bond motifs is 1. The highest BCUT2D eigenvalue weighted by Crippen LogP contribution is 2.41. The van der Waals surface area contributed by atoms with Gasteiger partial charge < -0.3 is 25.4 Å². The molecule has 3 heterocycles. The second-order valence-electron chi connectivity index (χ2n) is 9.42. The summed E-state index contributed by atoms with van der Waals surface area (Å²) in [5, 5.41) is 6.14. The molecule has 2 amide bonds. The minimum absolute atomic E-state index is 0.00499. The monoisotopic (exact) mass is 566 g/mol. The van der Waals surface area contributed by atoms with Crippen molar-refractivity contribution < 1.29 is 33.5 Å². The lowest BCUT2D eigenvalue weighted by Crippen LogP contribution is -2.71. The van der Waals surface area contributed by atoms with Crippen LogP contribution in [-0.2, 0) is 33.5 Å². The topological polar surface area (TPSA) is 175 Å². The molecule has 3 N–H and O–H groups in total. The van der Waals surface area contributed by atoms with Gasteiger partial charge in [-0.3, -0.25) is 19.3 Å². The van der Waals surface area contributed by atoms with Crippen LogP contribution in [0.15, 0.2) is 16.9 Å². The smallest absolute Gasteiger partial charge is 0.357 e. The van der Waals surface area contributed by atoms with Gasteiger partial charge in [0, 0.05) is 23.7 Å². The van der Waals surface area contributed by atoms with E-state index in [0.717, 1.165) is 37.2 Å². The molecule has 206 valence electrons. The zero-order chi connectivity index (χ0) is 27.6. The standard InChI is InChI=1S/C23H30N6O7S2/c1-10(2)21(32)34-12(4)35-22(33)14-9-11(3)37-20-16(19(31)29(14)20)25-18(30)15(17-26-23(24)38-28-17)27-36-13-7-5-6-8-13/h9-13,16,20H,5-8H2,1-4H3,(H,25,30)(H2,24,26,28)/t11?,12?,16?,20-/m0/s1. The summed E-state index contributed by atoms with van der Waals surface area (Å²) >= 11 is 2.30. The lowest BCUT2D eigenvalue weighted by molar-refractivity contribution is -0.186. The fourth-order valence-corrected chi connectivity index (χ4v) is 5.86. The van der Waals surface area contributed by atoms with Gasteiger partial charge in [0.2, 0.25) is 17.8 Å². The second kappa shape index (κ2) is 11.7. The molecule has 4 atom stereocenters. The number of anilines is 1. The van der Waals surface area contributed by atoms with E-state index in [9.17, 15) is 19.2 Å². The first-order chi connectivity index (χ1) is 18.0. The molecule has 3 unspecified atom stereocenters. The quantitative estimate of drug-likeness (QED) is 0.146. The van der Waals surface area contributed by atoms with Gasteiger partial charge in [-0.05, 0) is 38.7 Å². The molecule has 13 nitrogen and oxygen atoms in total. The third-order valence-corrected chi connectivity index (χ3v) is 7.91.